The fraction of sp³-hybridized carbons (Fsp3) is 0.625. The summed E-state index contributed by atoms with van der Waals surface area (Å²) in [4.78, 5) is 19.2. The smallest absolute Gasteiger partial charge is 0.255 e. The van der Waals surface area contributed by atoms with Gasteiger partial charge in [0.15, 0.2) is 0 Å². The highest BCUT2D eigenvalue weighted by Gasteiger charge is 2.24. The molecule has 136 valence electrons. The Morgan fingerprint density at radius 3 is 2.54 bits per heavy atom. The van der Waals surface area contributed by atoms with Crippen molar-refractivity contribution in [2.75, 3.05) is 31.2 Å². The van der Waals surface area contributed by atoms with E-state index in [2.05, 4.69) is 15.2 Å². The van der Waals surface area contributed by atoms with Crippen LogP contribution in [-0.4, -0.2) is 49.3 Å². The molecule has 0 aromatic carbocycles. The molecule has 2 fully saturated rings. The summed E-state index contributed by atoms with van der Waals surface area (Å²) in [6, 6.07) is 4.18. The number of ether oxygens (including phenoxy) is 1. The van der Waals surface area contributed by atoms with Crippen LogP contribution >= 0.6 is 24.8 Å². The number of amides is 1. The summed E-state index contributed by atoms with van der Waals surface area (Å²) in [6.07, 6.45) is 5.62. The molecule has 1 aromatic rings. The predicted octanol–water partition coefficient (Wildman–Crippen LogP) is 1.76. The second kappa shape index (κ2) is 10.0. The van der Waals surface area contributed by atoms with Crippen LogP contribution in [0.5, 0.6) is 0 Å². The predicted molar refractivity (Wildman–Crippen MR) is 99.5 cm³/mol. The van der Waals surface area contributed by atoms with Gasteiger partial charge in [0.05, 0.1) is 18.8 Å². The summed E-state index contributed by atoms with van der Waals surface area (Å²) in [5.74, 6) is 0.728. The number of halogens is 2. The van der Waals surface area contributed by atoms with Crippen molar-refractivity contribution in [3.63, 3.8) is 0 Å². The molecule has 0 bridgehead atoms. The average Bonchev–Trinajstić information content (AvgIpc) is 2.58. The van der Waals surface area contributed by atoms with Gasteiger partial charge >= 0.3 is 0 Å². The lowest BCUT2D eigenvalue weighted by Gasteiger charge is -2.30. The molecular weight excluding hydrogens is 351 g/mol. The number of nitrogens with one attached hydrogen (secondary N) is 1. The average molecular weight is 377 g/mol. The Labute approximate surface area is 155 Å². The van der Waals surface area contributed by atoms with Gasteiger partial charge in [-0.05, 0) is 37.8 Å². The highest BCUT2D eigenvalue weighted by atomic mass is 35.5. The lowest BCUT2D eigenvalue weighted by molar-refractivity contribution is 0.0924. The molecule has 1 aromatic heterocycles. The van der Waals surface area contributed by atoms with E-state index in [1.54, 1.807) is 6.20 Å². The highest BCUT2D eigenvalue weighted by Crippen LogP contribution is 2.21. The van der Waals surface area contributed by atoms with Crippen LogP contribution in [0.25, 0.3) is 0 Å². The molecule has 3 N–H and O–H groups in total. The first-order valence-electron chi connectivity index (χ1n) is 8.08. The molecule has 1 saturated heterocycles. The van der Waals surface area contributed by atoms with Crippen LogP contribution in [0.2, 0.25) is 0 Å². The van der Waals surface area contributed by atoms with Crippen molar-refractivity contribution in [2.45, 2.75) is 37.8 Å². The van der Waals surface area contributed by atoms with Gasteiger partial charge in [0.2, 0.25) is 0 Å². The maximum Gasteiger partial charge on any atom is 0.255 e. The van der Waals surface area contributed by atoms with Gasteiger partial charge in [-0.25, -0.2) is 4.98 Å². The quantitative estimate of drug-likeness (QED) is 0.839. The molecule has 3 rings (SSSR count). The van der Waals surface area contributed by atoms with Gasteiger partial charge in [-0.3, -0.25) is 4.79 Å². The van der Waals surface area contributed by atoms with Crippen molar-refractivity contribution in [3.8, 4) is 0 Å². The number of carbonyl (C=O) groups is 1. The third-order valence-electron chi connectivity index (χ3n) is 4.45. The summed E-state index contributed by atoms with van der Waals surface area (Å²) < 4.78 is 5.37. The number of pyridine rings is 1. The number of anilines is 1. The molecule has 2 aliphatic rings. The maximum atomic E-state index is 12.6. The normalized spacial score (nSPS) is 23.6. The van der Waals surface area contributed by atoms with E-state index < -0.39 is 0 Å². The van der Waals surface area contributed by atoms with Gasteiger partial charge in [0.1, 0.15) is 5.82 Å². The van der Waals surface area contributed by atoms with E-state index in [-0.39, 0.29) is 42.8 Å². The summed E-state index contributed by atoms with van der Waals surface area (Å²) in [7, 11) is 0. The zero-order valence-electron chi connectivity index (χ0n) is 13.6. The number of rotatable bonds is 3. The fourth-order valence-electron chi connectivity index (χ4n) is 3.13. The van der Waals surface area contributed by atoms with Crippen LogP contribution in [-0.2, 0) is 4.74 Å². The van der Waals surface area contributed by atoms with Gasteiger partial charge in [-0.15, -0.1) is 24.8 Å². The zero-order valence-corrected chi connectivity index (χ0v) is 15.3. The Morgan fingerprint density at radius 1 is 1.21 bits per heavy atom. The van der Waals surface area contributed by atoms with E-state index in [0.29, 0.717) is 18.8 Å². The van der Waals surface area contributed by atoms with E-state index >= 15 is 0 Å². The number of hydrogen-bond donors (Lipinski definition) is 2. The van der Waals surface area contributed by atoms with Crippen LogP contribution < -0.4 is 16.0 Å². The summed E-state index contributed by atoms with van der Waals surface area (Å²) in [5.41, 5.74) is 6.57. The minimum atomic E-state index is -0.0323. The molecule has 8 heteroatoms. The SMILES string of the molecule is Cl.Cl.NC1CCC(NC(=O)c2cccnc2N2CCOCC2)CC1. The van der Waals surface area contributed by atoms with E-state index in [4.69, 9.17) is 10.5 Å². The molecule has 0 unspecified atom stereocenters. The van der Waals surface area contributed by atoms with Crippen molar-refractivity contribution >= 4 is 36.5 Å². The van der Waals surface area contributed by atoms with Crippen molar-refractivity contribution in [1.29, 1.82) is 0 Å². The molecule has 1 saturated carbocycles. The lowest BCUT2D eigenvalue weighted by Crippen LogP contribution is -2.42. The number of aromatic nitrogens is 1. The number of morpholine rings is 1. The second-order valence-electron chi connectivity index (χ2n) is 6.06. The topological polar surface area (TPSA) is 80.5 Å². The van der Waals surface area contributed by atoms with Crippen molar-refractivity contribution in [2.24, 2.45) is 5.73 Å². The minimum Gasteiger partial charge on any atom is -0.378 e. The Balaban J connectivity index is 0.00000144. The minimum absolute atomic E-state index is 0. The van der Waals surface area contributed by atoms with Gasteiger partial charge in [0, 0.05) is 31.4 Å². The maximum absolute atomic E-state index is 12.6. The van der Waals surface area contributed by atoms with Crippen molar-refractivity contribution in [3.05, 3.63) is 23.9 Å². The van der Waals surface area contributed by atoms with Crippen LogP contribution in [0.3, 0.4) is 0 Å². The highest BCUT2D eigenvalue weighted by molar-refractivity contribution is 5.99. The Bertz CT molecular complexity index is 519. The Kier molecular flexibility index (Phi) is 8.76. The number of nitrogens with two attached hydrogens (primary N) is 1. The van der Waals surface area contributed by atoms with Crippen molar-refractivity contribution in [1.82, 2.24) is 10.3 Å². The number of carbonyl (C=O) groups excluding carboxylic acids is 1. The summed E-state index contributed by atoms with van der Waals surface area (Å²) >= 11 is 0. The summed E-state index contributed by atoms with van der Waals surface area (Å²) in [6.45, 7) is 2.90. The molecule has 0 spiro atoms. The first-order valence-corrected chi connectivity index (χ1v) is 8.08. The first kappa shape index (κ1) is 21.0. The van der Waals surface area contributed by atoms with Gasteiger partial charge < -0.3 is 20.7 Å². The third-order valence-corrected chi connectivity index (χ3v) is 4.45. The van der Waals surface area contributed by atoms with Gasteiger partial charge in [-0.2, -0.15) is 0 Å². The van der Waals surface area contributed by atoms with Gasteiger partial charge in [0.25, 0.3) is 5.91 Å². The molecule has 0 radical (unpaired) electrons. The van der Waals surface area contributed by atoms with Crippen LogP contribution in [0.1, 0.15) is 36.0 Å². The molecule has 2 heterocycles. The molecule has 1 amide bonds. The number of nitrogens with zero attached hydrogens (tertiary/aromatic N) is 2. The molecular formula is C16H26Cl2N4O2. The molecule has 1 aliphatic carbocycles. The number of hydrogen-bond acceptors (Lipinski definition) is 5. The zero-order chi connectivity index (χ0) is 15.4. The summed E-state index contributed by atoms with van der Waals surface area (Å²) in [5, 5.41) is 3.14. The standard InChI is InChI=1S/C16H24N4O2.2ClH/c17-12-3-5-13(6-4-12)19-16(21)14-2-1-7-18-15(14)20-8-10-22-11-9-20;;/h1-2,7,12-13H,3-6,8-11,17H2,(H,19,21);2*1H. The lowest BCUT2D eigenvalue weighted by atomic mass is 9.91. The Hall–Kier alpha value is -1.08. The van der Waals surface area contributed by atoms with Crippen molar-refractivity contribution < 1.29 is 9.53 Å². The van der Waals surface area contributed by atoms with Gasteiger partial charge in [-0.1, -0.05) is 0 Å². The monoisotopic (exact) mass is 376 g/mol. The van der Waals surface area contributed by atoms with E-state index in [1.807, 2.05) is 12.1 Å². The molecule has 24 heavy (non-hydrogen) atoms. The second-order valence-corrected chi connectivity index (χ2v) is 6.06. The third kappa shape index (κ3) is 5.21. The largest absolute Gasteiger partial charge is 0.378 e. The van der Waals surface area contributed by atoms with E-state index in [1.165, 1.54) is 0 Å². The Morgan fingerprint density at radius 2 is 1.88 bits per heavy atom. The fourth-order valence-corrected chi connectivity index (χ4v) is 3.13. The molecule has 6 nitrogen and oxygen atoms in total. The first-order chi connectivity index (χ1) is 10.7. The van der Waals surface area contributed by atoms with E-state index in [9.17, 15) is 4.79 Å². The van der Waals surface area contributed by atoms with Crippen LogP contribution in [0.15, 0.2) is 18.3 Å². The van der Waals surface area contributed by atoms with E-state index in [0.717, 1.165) is 44.6 Å². The molecule has 0 atom stereocenters. The molecule has 1 aliphatic heterocycles. The van der Waals surface area contributed by atoms with Crippen LogP contribution in [0.4, 0.5) is 5.82 Å². The van der Waals surface area contributed by atoms with Crippen LogP contribution in [0, 0.1) is 0 Å².